The first kappa shape index (κ1) is 8.83. The van der Waals surface area contributed by atoms with Crippen LogP contribution in [0.15, 0.2) is 18.2 Å². The molecule has 0 aliphatic heterocycles. The summed E-state index contributed by atoms with van der Waals surface area (Å²) < 4.78 is 0.605. The van der Waals surface area contributed by atoms with E-state index in [1.165, 1.54) is 18.2 Å². The Morgan fingerprint density at radius 2 is 1.91 bits per heavy atom. The molecule has 0 fully saturated rings. The van der Waals surface area contributed by atoms with Gasteiger partial charge in [-0.2, -0.15) is 0 Å². The third-order valence-electron chi connectivity index (χ3n) is 1.27. The second-order valence-corrected chi connectivity index (χ2v) is 3.25. The summed E-state index contributed by atoms with van der Waals surface area (Å²) >= 11 is 1.91. The molecule has 0 aliphatic rings. The van der Waals surface area contributed by atoms with E-state index in [0.717, 1.165) is 0 Å². The first-order chi connectivity index (χ1) is 5.11. The Morgan fingerprint density at radius 3 is 2.36 bits per heavy atom. The summed E-state index contributed by atoms with van der Waals surface area (Å²) in [5, 5.41) is 26.5. The quantitative estimate of drug-likeness (QED) is 0.481. The van der Waals surface area contributed by atoms with Crippen LogP contribution in [0.2, 0.25) is 0 Å². The molecule has 1 rings (SSSR count). The van der Waals surface area contributed by atoms with Crippen molar-refractivity contribution in [2.75, 3.05) is 0 Å². The zero-order valence-electron chi connectivity index (χ0n) is 5.53. The van der Waals surface area contributed by atoms with Crippen molar-refractivity contribution in [3.8, 4) is 5.75 Å². The number of benzene rings is 1. The molecule has 0 bridgehead atoms. The lowest BCUT2D eigenvalue weighted by Gasteiger charge is -2.00. The van der Waals surface area contributed by atoms with Crippen LogP contribution >= 0.6 is 22.6 Å². The fourth-order valence-corrected chi connectivity index (χ4v) is 1.22. The van der Waals surface area contributed by atoms with E-state index in [1.807, 2.05) is 22.6 Å². The van der Waals surface area contributed by atoms with Gasteiger partial charge in [-0.3, -0.25) is 0 Å². The van der Waals surface area contributed by atoms with Crippen molar-refractivity contribution >= 4 is 35.2 Å². The maximum atomic E-state index is 9.05. The van der Waals surface area contributed by atoms with Gasteiger partial charge in [-0.25, -0.2) is 0 Å². The molecule has 1 aromatic carbocycles. The molecule has 0 amide bonds. The molecule has 5 heteroatoms. The molecule has 0 unspecified atom stereocenters. The smallest absolute Gasteiger partial charge is 0.488 e. The first-order valence-electron chi connectivity index (χ1n) is 2.96. The second-order valence-electron chi connectivity index (χ2n) is 2.08. The highest BCUT2D eigenvalue weighted by Gasteiger charge is 2.11. The van der Waals surface area contributed by atoms with Crippen molar-refractivity contribution in [2.24, 2.45) is 0 Å². The number of hydrogen-bond acceptors (Lipinski definition) is 3. The zero-order valence-corrected chi connectivity index (χ0v) is 7.69. The molecule has 0 saturated carbocycles. The maximum absolute atomic E-state index is 9.05. The van der Waals surface area contributed by atoms with Gasteiger partial charge in [0.1, 0.15) is 5.75 Å². The summed E-state index contributed by atoms with van der Waals surface area (Å²) in [5.41, 5.74) is 0.382. The molecule has 0 atom stereocenters. The molecule has 0 aliphatic carbocycles. The second kappa shape index (κ2) is 3.42. The van der Waals surface area contributed by atoms with Crippen LogP contribution in [0.5, 0.6) is 5.75 Å². The van der Waals surface area contributed by atoms with Gasteiger partial charge in [0.25, 0.3) is 0 Å². The number of phenols is 1. The molecular weight excluding hydrogens is 258 g/mol. The highest BCUT2D eigenvalue weighted by molar-refractivity contribution is 14.1. The average molecular weight is 264 g/mol. The van der Waals surface area contributed by atoms with E-state index in [0.29, 0.717) is 9.03 Å². The predicted molar refractivity (Wildman–Crippen MR) is 50.6 cm³/mol. The normalized spacial score (nSPS) is 9.73. The predicted octanol–water partition coefficient (Wildman–Crippen LogP) is -0.323. The SMILES string of the molecule is OB(O)c1ccc(O)c(I)c1. The molecule has 58 valence electrons. The van der Waals surface area contributed by atoms with Crippen LogP contribution in [-0.2, 0) is 0 Å². The third kappa shape index (κ3) is 2.08. The molecule has 3 nitrogen and oxygen atoms in total. The number of phenolic OH excluding ortho intramolecular Hbond substituents is 1. The van der Waals surface area contributed by atoms with Gasteiger partial charge in [0.15, 0.2) is 0 Å². The van der Waals surface area contributed by atoms with Crippen LogP contribution in [0.1, 0.15) is 0 Å². The Kier molecular flexibility index (Phi) is 2.75. The summed E-state index contributed by atoms with van der Waals surface area (Å²) in [6.45, 7) is 0. The lowest BCUT2D eigenvalue weighted by atomic mass is 9.80. The minimum atomic E-state index is -1.47. The fourth-order valence-electron chi connectivity index (χ4n) is 0.684. The van der Waals surface area contributed by atoms with E-state index in [9.17, 15) is 0 Å². The topological polar surface area (TPSA) is 60.7 Å². The van der Waals surface area contributed by atoms with Crippen LogP contribution in [0.25, 0.3) is 0 Å². The summed E-state index contributed by atoms with van der Waals surface area (Å²) in [6, 6.07) is 4.40. The van der Waals surface area contributed by atoms with Gasteiger partial charge in [0, 0.05) is 0 Å². The molecule has 3 N–H and O–H groups in total. The van der Waals surface area contributed by atoms with Gasteiger partial charge in [-0.1, -0.05) is 6.07 Å². The van der Waals surface area contributed by atoms with Crippen LogP contribution < -0.4 is 5.46 Å². The average Bonchev–Trinajstić information content (AvgIpc) is 1.94. The fraction of sp³-hybridized carbons (Fsp3) is 0. The van der Waals surface area contributed by atoms with Crippen LogP contribution in [0, 0.1) is 3.57 Å². The highest BCUT2D eigenvalue weighted by atomic mass is 127. The molecule has 0 spiro atoms. The van der Waals surface area contributed by atoms with Gasteiger partial charge in [-0.15, -0.1) is 0 Å². The summed E-state index contributed by atoms with van der Waals surface area (Å²) in [4.78, 5) is 0. The van der Waals surface area contributed by atoms with Crippen molar-refractivity contribution in [3.05, 3.63) is 21.8 Å². The van der Waals surface area contributed by atoms with Crippen molar-refractivity contribution < 1.29 is 15.2 Å². The minimum absolute atomic E-state index is 0.148. The van der Waals surface area contributed by atoms with E-state index >= 15 is 0 Å². The molecule has 11 heavy (non-hydrogen) atoms. The van der Waals surface area contributed by atoms with Crippen molar-refractivity contribution in [1.82, 2.24) is 0 Å². The van der Waals surface area contributed by atoms with Crippen LogP contribution in [0.4, 0.5) is 0 Å². The summed E-state index contributed by atoms with van der Waals surface area (Å²) in [5.74, 6) is 0.148. The van der Waals surface area contributed by atoms with Gasteiger partial charge < -0.3 is 15.2 Å². The molecule has 0 radical (unpaired) electrons. The van der Waals surface area contributed by atoms with Crippen molar-refractivity contribution in [1.29, 1.82) is 0 Å². The zero-order chi connectivity index (χ0) is 8.43. The van der Waals surface area contributed by atoms with E-state index in [4.69, 9.17) is 15.2 Å². The van der Waals surface area contributed by atoms with Crippen molar-refractivity contribution in [2.45, 2.75) is 0 Å². The number of halogens is 1. The molecule has 0 saturated heterocycles. The van der Waals surface area contributed by atoms with E-state index in [1.54, 1.807) is 0 Å². The summed E-state index contributed by atoms with van der Waals surface area (Å²) in [7, 11) is -1.47. The Labute approximate surface area is 78.0 Å². The minimum Gasteiger partial charge on any atom is -0.507 e. The van der Waals surface area contributed by atoms with Crippen molar-refractivity contribution in [3.63, 3.8) is 0 Å². The lowest BCUT2D eigenvalue weighted by molar-refractivity contribution is 0.425. The van der Waals surface area contributed by atoms with Gasteiger partial charge >= 0.3 is 7.12 Å². The van der Waals surface area contributed by atoms with E-state index in [-0.39, 0.29) is 5.75 Å². The molecular formula is C6H6BIO3. The molecule has 0 heterocycles. The Bertz CT molecular complexity index is 264. The standard InChI is InChI=1S/C6H6BIO3/c8-5-3-4(7(10)11)1-2-6(5)9/h1-3,9-11H. The largest absolute Gasteiger partial charge is 0.507 e. The third-order valence-corrected chi connectivity index (χ3v) is 2.13. The number of hydrogen-bond donors (Lipinski definition) is 3. The van der Waals surface area contributed by atoms with Gasteiger partial charge in [0.2, 0.25) is 0 Å². The first-order valence-corrected chi connectivity index (χ1v) is 4.03. The number of rotatable bonds is 1. The van der Waals surface area contributed by atoms with Gasteiger partial charge in [0.05, 0.1) is 3.57 Å². The van der Waals surface area contributed by atoms with Crippen LogP contribution in [0.3, 0.4) is 0 Å². The maximum Gasteiger partial charge on any atom is 0.488 e. The Hall–Kier alpha value is -0.265. The number of aromatic hydroxyl groups is 1. The van der Waals surface area contributed by atoms with E-state index in [2.05, 4.69) is 0 Å². The van der Waals surface area contributed by atoms with E-state index < -0.39 is 7.12 Å². The molecule has 0 aromatic heterocycles. The molecule has 1 aromatic rings. The lowest BCUT2D eigenvalue weighted by Crippen LogP contribution is -2.29. The van der Waals surface area contributed by atoms with Crippen LogP contribution in [-0.4, -0.2) is 22.3 Å². The monoisotopic (exact) mass is 264 g/mol. The Morgan fingerprint density at radius 1 is 1.27 bits per heavy atom. The van der Waals surface area contributed by atoms with Gasteiger partial charge in [-0.05, 0) is 40.2 Å². The highest BCUT2D eigenvalue weighted by Crippen LogP contribution is 2.16. The Balaban J connectivity index is 3.05. The summed E-state index contributed by atoms with van der Waals surface area (Å²) in [6.07, 6.45) is 0.